The maximum Gasteiger partial charge on any atom is 0.416 e. The number of hydrogen-bond donors (Lipinski definition) is 1. The molecule has 2 aromatic carbocycles. The van der Waals surface area contributed by atoms with Crippen LogP contribution < -0.4 is 4.74 Å². The Balaban J connectivity index is 1.28. The third-order valence-corrected chi connectivity index (χ3v) is 7.71. The Hall–Kier alpha value is -3.20. The fraction of sp³-hybridized carbons (Fsp3) is 0.467. The number of unbranched alkanes of at least 4 members (excludes halogenated alkanes) is 1. The molecule has 0 unspecified atom stereocenters. The molecule has 1 N–H and O–H groups in total. The molecule has 0 aliphatic carbocycles. The Kier molecular flexibility index (Phi) is 9.43. The number of pyridine rings is 1. The van der Waals surface area contributed by atoms with Crippen molar-refractivity contribution < 1.29 is 32.2 Å². The van der Waals surface area contributed by atoms with Gasteiger partial charge in [-0.25, -0.2) is 4.39 Å². The van der Waals surface area contributed by atoms with Crippen molar-refractivity contribution in [3.63, 3.8) is 0 Å². The topological polar surface area (TPSA) is 62.7 Å². The third-order valence-electron chi connectivity index (χ3n) is 7.71. The Morgan fingerprint density at radius 1 is 1.18 bits per heavy atom. The van der Waals surface area contributed by atoms with Crippen LogP contribution in [0.3, 0.4) is 0 Å². The zero-order valence-electron chi connectivity index (χ0n) is 22.0. The summed E-state index contributed by atoms with van der Waals surface area (Å²) in [6.07, 6.45) is -0.636. The lowest BCUT2D eigenvalue weighted by Crippen LogP contribution is -2.44. The van der Waals surface area contributed by atoms with Crippen LogP contribution in [0.1, 0.15) is 55.0 Å². The van der Waals surface area contributed by atoms with Gasteiger partial charge in [-0.05, 0) is 99.0 Å². The van der Waals surface area contributed by atoms with Crippen molar-refractivity contribution in [2.24, 2.45) is 11.8 Å². The van der Waals surface area contributed by atoms with Crippen LogP contribution in [0.2, 0.25) is 0 Å². The van der Waals surface area contributed by atoms with Gasteiger partial charge >= 0.3 is 12.1 Å². The quantitative estimate of drug-likeness (QED) is 0.205. The van der Waals surface area contributed by atoms with E-state index in [9.17, 15) is 23.1 Å². The smallest absolute Gasteiger partial charge is 0.416 e. The maximum atomic E-state index is 15.4. The number of rotatable bonds is 11. The average molecular weight is 547 g/mol. The predicted molar refractivity (Wildman–Crippen MR) is 141 cm³/mol. The van der Waals surface area contributed by atoms with E-state index >= 15 is 4.39 Å². The molecule has 1 fully saturated rings. The van der Waals surface area contributed by atoms with Crippen molar-refractivity contribution in [2.45, 2.75) is 50.9 Å². The minimum atomic E-state index is -4.35. The first-order valence-corrected chi connectivity index (χ1v) is 13.3. The SMILES string of the molecule is COc1ccc2nccc([C@@H](F)CC[C@@H]3CCN(CCCCc4cccc(C(F)(F)F)c4)C[C@@H]3C(=O)O)c2c1. The molecule has 0 bridgehead atoms. The van der Waals surface area contributed by atoms with Gasteiger partial charge in [0.25, 0.3) is 0 Å². The highest BCUT2D eigenvalue weighted by atomic mass is 19.4. The Bertz CT molecular complexity index is 1270. The molecule has 210 valence electrons. The van der Waals surface area contributed by atoms with Crippen molar-refractivity contribution in [3.05, 3.63) is 71.4 Å². The summed E-state index contributed by atoms with van der Waals surface area (Å²) in [7, 11) is 1.55. The highest BCUT2D eigenvalue weighted by molar-refractivity contribution is 5.83. The summed E-state index contributed by atoms with van der Waals surface area (Å²) < 4.78 is 59.5. The van der Waals surface area contributed by atoms with Gasteiger partial charge in [-0.1, -0.05) is 18.2 Å². The van der Waals surface area contributed by atoms with Crippen LogP contribution in [-0.2, 0) is 17.4 Å². The summed E-state index contributed by atoms with van der Waals surface area (Å²) in [6.45, 7) is 1.81. The molecule has 2 heterocycles. The third kappa shape index (κ3) is 7.47. The van der Waals surface area contributed by atoms with Gasteiger partial charge in [0.05, 0.1) is 24.1 Å². The van der Waals surface area contributed by atoms with Gasteiger partial charge < -0.3 is 14.7 Å². The molecule has 3 atom stereocenters. The Morgan fingerprint density at radius 2 is 2.00 bits per heavy atom. The number of piperidine rings is 1. The lowest BCUT2D eigenvalue weighted by Gasteiger charge is -2.37. The second kappa shape index (κ2) is 12.8. The molecule has 0 saturated carbocycles. The van der Waals surface area contributed by atoms with Gasteiger partial charge in [-0.3, -0.25) is 9.78 Å². The van der Waals surface area contributed by atoms with Crippen LogP contribution >= 0.6 is 0 Å². The molecule has 0 spiro atoms. The molecule has 4 rings (SSSR count). The van der Waals surface area contributed by atoms with E-state index < -0.39 is 29.8 Å². The number of carboxylic acid groups (broad SMARTS) is 1. The van der Waals surface area contributed by atoms with Crippen molar-refractivity contribution in [2.75, 3.05) is 26.7 Å². The zero-order valence-corrected chi connectivity index (χ0v) is 22.0. The first-order chi connectivity index (χ1) is 18.7. The van der Waals surface area contributed by atoms with Crippen LogP contribution in [-0.4, -0.2) is 47.7 Å². The number of likely N-dealkylation sites (tertiary alicyclic amines) is 1. The lowest BCUT2D eigenvalue weighted by molar-refractivity contribution is -0.146. The number of aliphatic carboxylic acids is 1. The number of benzene rings is 2. The van der Waals surface area contributed by atoms with Gasteiger partial charge in [0, 0.05) is 18.1 Å². The number of carboxylic acids is 1. The molecular formula is C30H34F4N2O3. The molecule has 0 amide bonds. The van der Waals surface area contributed by atoms with E-state index in [1.54, 1.807) is 43.6 Å². The summed E-state index contributed by atoms with van der Waals surface area (Å²) in [5, 5.41) is 10.6. The van der Waals surface area contributed by atoms with E-state index in [2.05, 4.69) is 9.88 Å². The number of aryl methyl sites for hydroxylation is 1. The second-order valence-corrected chi connectivity index (χ2v) is 10.3. The highest BCUT2D eigenvalue weighted by Crippen LogP contribution is 2.35. The molecule has 0 radical (unpaired) electrons. The maximum absolute atomic E-state index is 15.4. The Labute approximate surface area is 225 Å². The zero-order chi connectivity index (χ0) is 28.0. The van der Waals surface area contributed by atoms with Crippen LogP contribution in [0.4, 0.5) is 17.6 Å². The highest BCUT2D eigenvalue weighted by Gasteiger charge is 2.34. The molecular weight excluding hydrogens is 512 g/mol. The summed E-state index contributed by atoms with van der Waals surface area (Å²) in [6, 6.07) is 12.4. The van der Waals surface area contributed by atoms with Gasteiger partial charge in [-0.15, -0.1) is 0 Å². The van der Waals surface area contributed by atoms with Crippen LogP contribution in [0.15, 0.2) is 54.7 Å². The first-order valence-electron chi connectivity index (χ1n) is 13.3. The van der Waals surface area contributed by atoms with Crippen molar-refractivity contribution in [3.8, 4) is 5.75 Å². The van der Waals surface area contributed by atoms with Crippen molar-refractivity contribution in [1.82, 2.24) is 9.88 Å². The molecule has 1 aliphatic rings. The number of fused-ring (bicyclic) bond motifs is 1. The molecule has 5 nitrogen and oxygen atoms in total. The van der Waals surface area contributed by atoms with Crippen molar-refractivity contribution >= 4 is 16.9 Å². The first kappa shape index (κ1) is 28.8. The normalized spacial score (nSPS) is 19.2. The van der Waals surface area contributed by atoms with Crippen LogP contribution in [0.5, 0.6) is 5.75 Å². The molecule has 1 aromatic heterocycles. The van der Waals surface area contributed by atoms with Gasteiger partial charge in [0.15, 0.2) is 0 Å². The van der Waals surface area contributed by atoms with E-state index in [1.165, 1.54) is 12.1 Å². The van der Waals surface area contributed by atoms with Gasteiger partial charge in [-0.2, -0.15) is 13.2 Å². The van der Waals surface area contributed by atoms with E-state index in [0.29, 0.717) is 66.6 Å². The minimum Gasteiger partial charge on any atom is -0.497 e. The van der Waals surface area contributed by atoms with E-state index in [-0.39, 0.29) is 12.3 Å². The number of methoxy groups -OCH3 is 1. The fourth-order valence-electron chi connectivity index (χ4n) is 5.53. The van der Waals surface area contributed by atoms with Gasteiger partial charge in [0.1, 0.15) is 11.9 Å². The number of aromatic nitrogens is 1. The number of halogens is 4. The Morgan fingerprint density at radius 3 is 2.74 bits per heavy atom. The van der Waals surface area contributed by atoms with E-state index in [1.807, 2.05) is 0 Å². The molecule has 1 aliphatic heterocycles. The molecule has 9 heteroatoms. The number of alkyl halides is 4. The van der Waals surface area contributed by atoms with Crippen LogP contribution in [0, 0.1) is 11.8 Å². The monoisotopic (exact) mass is 546 g/mol. The average Bonchev–Trinajstić information content (AvgIpc) is 2.93. The fourth-order valence-corrected chi connectivity index (χ4v) is 5.53. The summed E-state index contributed by atoms with van der Waals surface area (Å²) in [5.41, 5.74) is 1.22. The lowest BCUT2D eigenvalue weighted by atomic mass is 9.81. The predicted octanol–water partition coefficient (Wildman–Crippen LogP) is 7.10. The summed E-state index contributed by atoms with van der Waals surface area (Å²) in [4.78, 5) is 18.5. The second-order valence-electron chi connectivity index (χ2n) is 10.3. The molecule has 1 saturated heterocycles. The molecule has 39 heavy (non-hydrogen) atoms. The molecule has 3 aromatic rings. The van der Waals surface area contributed by atoms with E-state index in [0.717, 1.165) is 19.0 Å². The number of nitrogens with zero attached hydrogens (tertiary/aromatic N) is 2. The van der Waals surface area contributed by atoms with Gasteiger partial charge in [0.2, 0.25) is 0 Å². The standard InChI is InChI=1S/C30H34F4N2O3/c1-39-23-9-11-28-25(18-23)24(12-14-35-28)27(31)10-8-21-13-16-36(19-26(21)29(37)38)15-3-2-5-20-6-4-7-22(17-20)30(32,33)34/h4,6-7,9,11-12,14,17-18,21,26-27H,2-3,5,8,10,13,15-16,19H2,1H3,(H,37,38)/t21-,26+,27+/m1/s1. The number of carbonyl (C=O) groups is 1. The summed E-state index contributed by atoms with van der Waals surface area (Å²) in [5.74, 6) is -0.950. The largest absolute Gasteiger partial charge is 0.497 e. The minimum absolute atomic E-state index is 0.121. The van der Waals surface area contributed by atoms with Crippen molar-refractivity contribution in [1.29, 1.82) is 0 Å². The van der Waals surface area contributed by atoms with E-state index in [4.69, 9.17) is 4.74 Å². The summed E-state index contributed by atoms with van der Waals surface area (Å²) >= 11 is 0. The number of ether oxygens (including phenoxy) is 1. The number of hydrogen-bond acceptors (Lipinski definition) is 4. The van der Waals surface area contributed by atoms with Crippen LogP contribution in [0.25, 0.3) is 10.9 Å².